The maximum atomic E-state index is 12.6. The SMILES string of the molecule is NC(=O)C(=NNc1ccc(Cl)c(C(F)(F)F)c1)C(N)=O. The van der Waals surface area contributed by atoms with Crippen molar-refractivity contribution in [1.82, 2.24) is 0 Å². The third-order valence-electron chi connectivity index (χ3n) is 2.04. The zero-order chi connectivity index (χ0) is 15.5. The van der Waals surface area contributed by atoms with E-state index in [2.05, 4.69) is 10.5 Å². The number of nitrogens with two attached hydrogens (primary N) is 2. The first kappa shape index (κ1) is 15.8. The number of hydrazone groups is 1. The van der Waals surface area contributed by atoms with Gasteiger partial charge in [-0.05, 0) is 18.2 Å². The van der Waals surface area contributed by atoms with Gasteiger partial charge >= 0.3 is 6.18 Å². The van der Waals surface area contributed by atoms with Crippen LogP contribution in [0.15, 0.2) is 23.3 Å². The van der Waals surface area contributed by atoms with Gasteiger partial charge < -0.3 is 11.5 Å². The lowest BCUT2D eigenvalue weighted by atomic mass is 10.2. The lowest BCUT2D eigenvalue weighted by Crippen LogP contribution is -2.36. The highest BCUT2D eigenvalue weighted by atomic mass is 35.5. The zero-order valence-corrected chi connectivity index (χ0v) is 10.4. The molecule has 0 aliphatic heterocycles. The van der Waals surface area contributed by atoms with Crippen molar-refractivity contribution in [2.24, 2.45) is 16.6 Å². The number of nitrogens with zero attached hydrogens (tertiary/aromatic N) is 1. The molecule has 2 amide bonds. The van der Waals surface area contributed by atoms with Crippen LogP contribution in [0.2, 0.25) is 5.02 Å². The van der Waals surface area contributed by atoms with Crippen LogP contribution in [-0.4, -0.2) is 17.5 Å². The second-order valence-corrected chi connectivity index (χ2v) is 3.90. The van der Waals surface area contributed by atoms with Crippen molar-refractivity contribution in [3.8, 4) is 0 Å². The average Bonchev–Trinajstić information content (AvgIpc) is 2.28. The minimum atomic E-state index is -4.66. The number of alkyl halides is 3. The Kier molecular flexibility index (Phi) is 4.56. The van der Waals surface area contributed by atoms with Gasteiger partial charge in [0.15, 0.2) is 0 Å². The number of carbonyl (C=O) groups is 2. The van der Waals surface area contributed by atoms with E-state index in [0.717, 1.165) is 6.07 Å². The summed E-state index contributed by atoms with van der Waals surface area (Å²) in [5.41, 5.74) is 9.63. The summed E-state index contributed by atoms with van der Waals surface area (Å²) < 4.78 is 37.8. The number of nitrogens with one attached hydrogen (secondary N) is 1. The predicted molar refractivity (Wildman–Crippen MR) is 65.9 cm³/mol. The van der Waals surface area contributed by atoms with Crippen LogP contribution in [0.1, 0.15) is 5.56 Å². The van der Waals surface area contributed by atoms with Gasteiger partial charge in [0.2, 0.25) is 5.71 Å². The van der Waals surface area contributed by atoms with Crippen LogP contribution in [-0.2, 0) is 15.8 Å². The van der Waals surface area contributed by atoms with E-state index in [4.69, 9.17) is 23.1 Å². The molecule has 0 atom stereocenters. The molecule has 0 aliphatic rings. The Morgan fingerprint density at radius 3 is 2.20 bits per heavy atom. The molecular formula is C10H8ClF3N4O2. The number of halogens is 4. The summed E-state index contributed by atoms with van der Waals surface area (Å²) in [7, 11) is 0. The molecule has 0 unspecified atom stereocenters. The van der Waals surface area contributed by atoms with Crippen LogP contribution in [0, 0.1) is 0 Å². The molecule has 0 aromatic heterocycles. The third-order valence-corrected chi connectivity index (χ3v) is 2.36. The summed E-state index contributed by atoms with van der Waals surface area (Å²) in [5, 5.41) is 2.75. The molecule has 0 saturated carbocycles. The topological polar surface area (TPSA) is 111 Å². The monoisotopic (exact) mass is 308 g/mol. The van der Waals surface area contributed by atoms with Gasteiger partial charge in [-0.15, -0.1) is 0 Å². The smallest absolute Gasteiger partial charge is 0.364 e. The number of carbonyl (C=O) groups excluding carboxylic acids is 2. The molecule has 108 valence electrons. The average molecular weight is 309 g/mol. The Bertz CT molecular complexity index is 570. The van der Waals surface area contributed by atoms with Crippen molar-refractivity contribution >= 4 is 34.8 Å². The minimum absolute atomic E-state index is 0.151. The molecule has 20 heavy (non-hydrogen) atoms. The molecule has 0 spiro atoms. The predicted octanol–water partition coefficient (Wildman–Crippen LogP) is 1.10. The van der Waals surface area contributed by atoms with Crippen molar-refractivity contribution in [1.29, 1.82) is 0 Å². The van der Waals surface area contributed by atoms with Gasteiger partial charge in [-0.1, -0.05) is 11.6 Å². The number of hydrogen-bond acceptors (Lipinski definition) is 4. The first-order valence-electron chi connectivity index (χ1n) is 4.93. The molecular weight excluding hydrogens is 301 g/mol. The molecule has 10 heteroatoms. The number of primary amides is 2. The van der Waals surface area contributed by atoms with Crippen molar-refractivity contribution < 1.29 is 22.8 Å². The van der Waals surface area contributed by atoms with Crippen molar-refractivity contribution in [2.45, 2.75) is 6.18 Å². The third kappa shape index (κ3) is 3.85. The molecule has 5 N–H and O–H groups in total. The summed E-state index contributed by atoms with van der Waals surface area (Å²) >= 11 is 5.41. The van der Waals surface area contributed by atoms with E-state index in [1.807, 2.05) is 0 Å². The second kappa shape index (κ2) is 5.78. The first-order valence-corrected chi connectivity index (χ1v) is 5.30. The van der Waals surface area contributed by atoms with Crippen molar-refractivity contribution in [2.75, 3.05) is 5.43 Å². The molecule has 0 aliphatic carbocycles. The van der Waals surface area contributed by atoms with Gasteiger partial charge in [0.25, 0.3) is 11.8 Å². The number of hydrogen-bond donors (Lipinski definition) is 3. The highest BCUT2D eigenvalue weighted by molar-refractivity contribution is 6.64. The Labute approximate surface area is 115 Å². The lowest BCUT2D eigenvalue weighted by molar-refractivity contribution is -0.137. The van der Waals surface area contributed by atoms with E-state index in [9.17, 15) is 22.8 Å². The maximum absolute atomic E-state index is 12.6. The number of amides is 2. The normalized spacial score (nSPS) is 10.8. The molecule has 6 nitrogen and oxygen atoms in total. The van der Waals surface area contributed by atoms with E-state index in [0.29, 0.717) is 6.07 Å². The molecule has 0 heterocycles. The minimum Gasteiger partial charge on any atom is -0.364 e. The molecule has 1 aromatic carbocycles. The van der Waals surface area contributed by atoms with Crippen LogP contribution < -0.4 is 16.9 Å². The number of anilines is 1. The van der Waals surface area contributed by atoms with E-state index >= 15 is 0 Å². The summed E-state index contributed by atoms with van der Waals surface area (Å²) in [6.45, 7) is 0. The standard InChI is InChI=1S/C10H8ClF3N4O2/c11-6-2-1-4(3-5(6)10(12,13)14)17-18-7(8(15)19)9(16)20/h1-3,17H,(H2,15,19)(H2,16,20). The van der Waals surface area contributed by atoms with Gasteiger partial charge in [0.05, 0.1) is 16.3 Å². The summed E-state index contributed by atoms with van der Waals surface area (Å²) in [6, 6.07) is 2.81. The van der Waals surface area contributed by atoms with Crippen LogP contribution >= 0.6 is 11.6 Å². The largest absolute Gasteiger partial charge is 0.417 e. The highest BCUT2D eigenvalue weighted by Gasteiger charge is 2.33. The van der Waals surface area contributed by atoms with Crippen LogP contribution in [0.3, 0.4) is 0 Å². The van der Waals surface area contributed by atoms with Crippen molar-refractivity contribution in [3.05, 3.63) is 28.8 Å². The summed E-state index contributed by atoms with van der Waals surface area (Å²) in [4.78, 5) is 21.6. The molecule has 0 saturated heterocycles. The summed E-state index contributed by atoms with van der Waals surface area (Å²) in [6.07, 6.45) is -4.66. The molecule has 0 bridgehead atoms. The molecule has 1 rings (SSSR count). The second-order valence-electron chi connectivity index (χ2n) is 3.49. The highest BCUT2D eigenvalue weighted by Crippen LogP contribution is 2.36. The Morgan fingerprint density at radius 1 is 1.20 bits per heavy atom. The van der Waals surface area contributed by atoms with Gasteiger partial charge in [0.1, 0.15) is 0 Å². The van der Waals surface area contributed by atoms with Gasteiger partial charge in [-0.3, -0.25) is 15.0 Å². The van der Waals surface area contributed by atoms with E-state index < -0.39 is 34.3 Å². The van der Waals surface area contributed by atoms with Gasteiger partial charge in [-0.25, -0.2) is 0 Å². The van der Waals surface area contributed by atoms with Gasteiger partial charge in [-0.2, -0.15) is 18.3 Å². The number of rotatable bonds is 4. The fourth-order valence-corrected chi connectivity index (χ4v) is 1.39. The molecule has 1 aromatic rings. The van der Waals surface area contributed by atoms with Crippen LogP contribution in [0.25, 0.3) is 0 Å². The maximum Gasteiger partial charge on any atom is 0.417 e. The fourth-order valence-electron chi connectivity index (χ4n) is 1.16. The van der Waals surface area contributed by atoms with Crippen molar-refractivity contribution in [3.63, 3.8) is 0 Å². The Morgan fingerprint density at radius 2 is 1.75 bits per heavy atom. The first-order chi connectivity index (χ1) is 9.12. The van der Waals surface area contributed by atoms with E-state index in [-0.39, 0.29) is 5.69 Å². The van der Waals surface area contributed by atoms with E-state index in [1.54, 1.807) is 0 Å². The van der Waals surface area contributed by atoms with Crippen LogP contribution in [0.4, 0.5) is 18.9 Å². The number of benzene rings is 1. The Balaban J connectivity index is 3.09. The Hall–Kier alpha value is -2.29. The van der Waals surface area contributed by atoms with Crippen LogP contribution in [0.5, 0.6) is 0 Å². The zero-order valence-electron chi connectivity index (χ0n) is 9.66. The summed E-state index contributed by atoms with van der Waals surface area (Å²) in [5.74, 6) is -2.43. The fraction of sp³-hybridized carbons (Fsp3) is 0.100. The lowest BCUT2D eigenvalue weighted by Gasteiger charge is -2.10. The van der Waals surface area contributed by atoms with E-state index in [1.165, 1.54) is 6.07 Å². The quantitative estimate of drug-likeness (QED) is 0.440. The van der Waals surface area contributed by atoms with Gasteiger partial charge in [0, 0.05) is 0 Å². The molecule has 0 fully saturated rings. The molecule has 0 radical (unpaired) electrons.